The molecule has 0 aromatic heterocycles. The molecule has 3 N–H and O–H groups in total. The van der Waals surface area contributed by atoms with Gasteiger partial charge in [-0.15, -0.1) is 0 Å². The van der Waals surface area contributed by atoms with Gasteiger partial charge in [0.15, 0.2) is 0 Å². The largest absolute Gasteiger partial charge is 0.399 e. The molecule has 0 radical (unpaired) electrons. The Labute approximate surface area is 129 Å². The summed E-state index contributed by atoms with van der Waals surface area (Å²) in [6.45, 7) is 4.85. The number of rotatable bonds is 7. The van der Waals surface area contributed by atoms with E-state index in [9.17, 15) is 4.79 Å². The standard InChI is InChI=1S/C14H20Cl2N2O2/c1-9(2)4-3-5-20-8-13(19)18-14-11(15)6-10(17)7-12(14)16/h6-7,9H,3-5,8,17H2,1-2H3,(H,18,19). The van der Waals surface area contributed by atoms with E-state index in [1.54, 1.807) is 0 Å². The molecule has 0 heterocycles. The van der Waals surface area contributed by atoms with E-state index in [1.165, 1.54) is 12.1 Å². The third-order valence-electron chi connectivity index (χ3n) is 2.63. The zero-order chi connectivity index (χ0) is 15.1. The average Bonchev–Trinajstić information content (AvgIpc) is 2.33. The van der Waals surface area contributed by atoms with Crippen molar-refractivity contribution in [2.75, 3.05) is 24.3 Å². The second-order valence-electron chi connectivity index (χ2n) is 5.00. The summed E-state index contributed by atoms with van der Waals surface area (Å²) in [6.07, 6.45) is 2.02. The van der Waals surface area contributed by atoms with Crippen LogP contribution in [-0.2, 0) is 9.53 Å². The monoisotopic (exact) mass is 318 g/mol. The van der Waals surface area contributed by atoms with Crippen molar-refractivity contribution in [3.63, 3.8) is 0 Å². The molecule has 1 amide bonds. The lowest BCUT2D eigenvalue weighted by Crippen LogP contribution is -2.19. The molecule has 0 spiro atoms. The molecule has 0 bridgehead atoms. The summed E-state index contributed by atoms with van der Waals surface area (Å²) in [7, 11) is 0. The summed E-state index contributed by atoms with van der Waals surface area (Å²) < 4.78 is 5.30. The van der Waals surface area contributed by atoms with Crippen molar-refractivity contribution in [1.29, 1.82) is 0 Å². The molecular formula is C14H20Cl2N2O2. The van der Waals surface area contributed by atoms with Crippen molar-refractivity contribution in [1.82, 2.24) is 0 Å². The van der Waals surface area contributed by atoms with Crippen LogP contribution in [0.4, 0.5) is 11.4 Å². The maximum Gasteiger partial charge on any atom is 0.250 e. The fraction of sp³-hybridized carbons (Fsp3) is 0.500. The fourth-order valence-electron chi connectivity index (χ4n) is 1.65. The normalized spacial score (nSPS) is 10.8. The minimum absolute atomic E-state index is 0.0187. The zero-order valence-corrected chi connectivity index (χ0v) is 13.2. The van der Waals surface area contributed by atoms with Gasteiger partial charge >= 0.3 is 0 Å². The second-order valence-corrected chi connectivity index (χ2v) is 5.81. The van der Waals surface area contributed by atoms with Crippen molar-refractivity contribution in [2.24, 2.45) is 5.92 Å². The van der Waals surface area contributed by atoms with Gasteiger partial charge in [-0.1, -0.05) is 37.0 Å². The van der Waals surface area contributed by atoms with Crippen molar-refractivity contribution in [2.45, 2.75) is 26.7 Å². The van der Waals surface area contributed by atoms with Gasteiger partial charge < -0.3 is 15.8 Å². The smallest absolute Gasteiger partial charge is 0.250 e. The Morgan fingerprint density at radius 1 is 1.35 bits per heavy atom. The molecule has 0 fully saturated rings. The van der Waals surface area contributed by atoms with Crippen LogP contribution in [0.3, 0.4) is 0 Å². The van der Waals surface area contributed by atoms with Gasteiger partial charge in [0.1, 0.15) is 6.61 Å². The Hall–Kier alpha value is -0.970. The van der Waals surface area contributed by atoms with Gasteiger partial charge in [-0.25, -0.2) is 0 Å². The van der Waals surface area contributed by atoms with Gasteiger partial charge in [0.2, 0.25) is 5.91 Å². The minimum atomic E-state index is -0.289. The Kier molecular flexibility index (Phi) is 7.13. The predicted molar refractivity (Wildman–Crippen MR) is 84.4 cm³/mol. The van der Waals surface area contributed by atoms with E-state index >= 15 is 0 Å². The molecule has 20 heavy (non-hydrogen) atoms. The van der Waals surface area contributed by atoms with Crippen molar-refractivity contribution in [3.8, 4) is 0 Å². The molecule has 0 unspecified atom stereocenters. The Morgan fingerprint density at radius 3 is 2.50 bits per heavy atom. The van der Waals surface area contributed by atoms with Crippen LogP contribution in [0.5, 0.6) is 0 Å². The summed E-state index contributed by atoms with van der Waals surface area (Å²) in [6, 6.07) is 3.07. The first-order valence-corrected chi connectivity index (χ1v) is 7.28. The molecule has 1 rings (SSSR count). The average molecular weight is 319 g/mol. The van der Waals surface area contributed by atoms with Crippen LogP contribution < -0.4 is 11.1 Å². The molecule has 1 aromatic carbocycles. The highest BCUT2D eigenvalue weighted by Gasteiger charge is 2.11. The summed E-state index contributed by atoms with van der Waals surface area (Å²) in [5, 5.41) is 3.24. The highest BCUT2D eigenvalue weighted by atomic mass is 35.5. The first-order valence-electron chi connectivity index (χ1n) is 6.52. The summed E-state index contributed by atoms with van der Waals surface area (Å²) in [5.74, 6) is 0.350. The van der Waals surface area contributed by atoms with E-state index in [1.807, 2.05) is 0 Å². The zero-order valence-electron chi connectivity index (χ0n) is 11.7. The third-order valence-corrected chi connectivity index (χ3v) is 3.23. The number of anilines is 2. The van der Waals surface area contributed by atoms with Crippen LogP contribution in [0.1, 0.15) is 26.7 Å². The molecule has 1 aromatic rings. The number of nitrogens with one attached hydrogen (secondary N) is 1. The molecule has 0 aliphatic carbocycles. The topological polar surface area (TPSA) is 64.3 Å². The third kappa shape index (κ3) is 5.99. The van der Waals surface area contributed by atoms with Crippen molar-refractivity contribution in [3.05, 3.63) is 22.2 Å². The number of hydrogen-bond donors (Lipinski definition) is 2. The van der Waals surface area contributed by atoms with Gasteiger partial charge in [0.05, 0.1) is 15.7 Å². The Bertz CT molecular complexity index is 441. The van der Waals surface area contributed by atoms with E-state index in [2.05, 4.69) is 19.2 Å². The first-order chi connectivity index (χ1) is 9.40. The van der Waals surface area contributed by atoms with E-state index in [4.69, 9.17) is 33.7 Å². The maximum absolute atomic E-state index is 11.7. The van der Waals surface area contributed by atoms with Crippen LogP contribution in [-0.4, -0.2) is 19.1 Å². The number of halogens is 2. The number of carbonyl (C=O) groups excluding carboxylic acids is 1. The number of carbonyl (C=O) groups is 1. The maximum atomic E-state index is 11.7. The highest BCUT2D eigenvalue weighted by molar-refractivity contribution is 6.40. The van der Waals surface area contributed by atoms with Crippen molar-refractivity contribution < 1.29 is 9.53 Å². The summed E-state index contributed by atoms with van der Waals surface area (Å²) in [5.41, 5.74) is 6.40. The first kappa shape index (κ1) is 17.1. The molecule has 112 valence electrons. The summed E-state index contributed by atoms with van der Waals surface area (Å²) in [4.78, 5) is 11.7. The van der Waals surface area contributed by atoms with E-state index in [-0.39, 0.29) is 12.5 Å². The minimum Gasteiger partial charge on any atom is -0.399 e. The summed E-state index contributed by atoms with van der Waals surface area (Å²) >= 11 is 12.0. The fourth-order valence-corrected chi connectivity index (χ4v) is 2.24. The van der Waals surface area contributed by atoms with Gasteiger partial charge in [-0.2, -0.15) is 0 Å². The highest BCUT2D eigenvalue weighted by Crippen LogP contribution is 2.32. The lowest BCUT2D eigenvalue weighted by Gasteiger charge is -2.10. The van der Waals surface area contributed by atoms with E-state index < -0.39 is 0 Å². The molecule has 0 aliphatic rings. The number of ether oxygens (including phenoxy) is 1. The lowest BCUT2D eigenvalue weighted by molar-refractivity contribution is -0.120. The Morgan fingerprint density at radius 2 is 1.95 bits per heavy atom. The molecule has 0 aliphatic heterocycles. The van der Waals surface area contributed by atoms with Gasteiger partial charge in [-0.3, -0.25) is 4.79 Å². The number of benzene rings is 1. The molecule has 0 atom stereocenters. The lowest BCUT2D eigenvalue weighted by atomic mass is 10.1. The van der Waals surface area contributed by atoms with E-state index in [0.717, 1.165) is 12.8 Å². The predicted octanol–water partition coefficient (Wildman–Crippen LogP) is 3.97. The van der Waals surface area contributed by atoms with Crippen LogP contribution in [0.15, 0.2) is 12.1 Å². The quantitative estimate of drug-likeness (QED) is 0.590. The number of hydrogen-bond acceptors (Lipinski definition) is 3. The van der Waals surface area contributed by atoms with Crippen LogP contribution in [0.2, 0.25) is 10.0 Å². The molecule has 6 heteroatoms. The Balaban J connectivity index is 2.39. The van der Waals surface area contributed by atoms with Crippen molar-refractivity contribution >= 4 is 40.5 Å². The molecule has 4 nitrogen and oxygen atoms in total. The van der Waals surface area contributed by atoms with Gasteiger partial charge in [0.25, 0.3) is 0 Å². The second kappa shape index (κ2) is 8.35. The number of nitrogen functional groups attached to an aromatic ring is 1. The molecule has 0 saturated heterocycles. The van der Waals surface area contributed by atoms with Gasteiger partial charge in [-0.05, 0) is 30.9 Å². The van der Waals surface area contributed by atoms with Gasteiger partial charge in [0, 0.05) is 12.3 Å². The SMILES string of the molecule is CC(C)CCCOCC(=O)Nc1c(Cl)cc(N)cc1Cl. The van der Waals surface area contributed by atoms with Crippen LogP contribution >= 0.6 is 23.2 Å². The molecule has 0 saturated carbocycles. The van der Waals surface area contributed by atoms with Crippen LogP contribution in [0.25, 0.3) is 0 Å². The van der Waals surface area contributed by atoms with E-state index in [0.29, 0.717) is 33.9 Å². The molecular weight excluding hydrogens is 299 g/mol. The number of amides is 1. The number of nitrogens with two attached hydrogens (primary N) is 1. The van der Waals surface area contributed by atoms with Crippen LogP contribution in [0, 0.1) is 5.92 Å².